The first-order valence-electron chi connectivity index (χ1n) is 6.24. The van der Waals surface area contributed by atoms with Crippen molar-refractivity contribution < 1.29 is 5.11 Å². The largest absolute Gasteiger partial charge is 0.393 e. The van der Waals surface area contributed by atoms with Crippen molar-refractivity contribution in [1.29, 1.82) is 0 Å². The number of aliphatic hydroxyl groups excluding tert-OH is 1. The van der Waals surface area contributed by atoms with Crippen molar-refractivity contribution in [2.75, 3.05) is 19.6 Å². The van der Waals surface area contributed by atoms with Crippen molar-refractivity contribution in [3.63, 3.8) is 0 Å². The summed E-state index contributed by atoms with van der Waals surface area (Å²) in [6, 6.07) is 4.24. The molecule has 1 fully saturated rings. The number of rotatable bonds is 4. The Bertz CT molecular complexity index is 342. The van der Waals surface area contributed by atoms with Crippen molar-refractivity contribution in [2.24, 2.45) is 11.7 Å². The van der Waals surface area contributed by atoms with Gasteiger partial charge in [0.05, 0.1) is 6.10 Å². The second kappa shape index (κ2) is 5.58. The van der Waals surface area contributed by atoms with E-state index in [0.717, 1.165) is 19.5 Å². The van der Waals surface area contributed by atoms with Crippen LogP contribution in [0.25, 0.3) is 0 Å². The van der Waals surface area contributed by atoms with Crippen LogP contribution in [0, 0.1) is 5.92 Å². The van der Waals surface area contributed by atoms with E-state index in [1.54, 1.807) is 6.20 Å². The molecule has 0 saturated carbocycles. The van der Waals surface area contributed by atoms with Crippen LogP contribution in [0.1, 0.15) is 24.9 Å². The molecule has 2 heterocycles. The fourth-order valence-corrected chi connectivity index (χ4v) is 2.56. The van der Waals surface area contributed by atoms with Crippen LogP contribution in [0.3, 0.4) is 0 Å². The fraction of sp³-hybridized carbons (Fsp3) is 0.615. The Morgan fingerprint density at radius 3 is 3.00 bits per heavy atom. The van der Waals surface area contributed by atoms with Crippen LogP contribution >= 0.6 is 0 Å². The highest BCUT2D eigenvalue weighted by atomic mass is 16.3. The molecule has 1 saturated heterocycles. The summed E-state index contributed by atoms with van der Waals surface area (Å²) in [6.45, 7) is 4.40. The number of hydrogen-bond acceptors (Lipinski definition) is 4. The molecule has 2 rings (SSSR count). The second-order valence-electron chi connectivity index (χ2n) is 4.82. The number of nitrogens with two attached hydrogens (primary N) is 1. The zero-order valence-electron chi connectivity index (χ0n) is 10.3. The van der Waals surface area contributed by atoms with Crippen molar-refractivity contribution >= 4 is 0 Å². The van der Waals surface area contributed by atoms with Gasteiger partial charge in [0.15, 0.2) is 0 Å². The first kappa shape index (κ1) is 12.5. The zero-order valence-corrected chi connectivity index (χ0v) is 10.3. The van der Waals surface area contributed by atoms with Crippen LogP contribution in [0.5, 0.6) is 0 Å². The van der Waals surface area contributed by atoms with Gasteiger partial charge in [0.25, 0.3) is 0 Å². The molecule has 0 radical (unpaired) electrons. The molecule has 1 aromatic heterocycles. The molecule has 17 heavy (non-hydrogen) atoms. The van der Waals surface area contributed by atoms with E-state index in [0.29, 0.717) is 12.5 Å². The highest BCUT2D eigenvalue weighted by Crippen LogP contribution is 2.28. The maximum Gasteiger partial charge on any atom is 0.0552 e. The predicted octanol–water partition coefficient (Wildman–Crippen LogP) is 0.784. The summed E-state index contributed by atoms with van der Waals surface area (Å²) in [5.41, 5.74) is 7.04. The number of pyridine rings is 1. The molecular formula is C13H21N3O. The molecule has 1 aliphatic heterocycles. The number of hydrogen-bond donors (Lipinski definition) is 2. The van der Waals surface area contributed by atoms with Gasteiger partial charge in [-0.2, -0.15) is 0 Å². The Hall–Kier alpha value is -0.970. The lowest BCUT2D eigenvalue weighted by molar-refractivity contribution is 0.122. The summed E-state index contributed by atoms with van der Waals surface area (Å²) in [4.78, 5) is 6.50. The topological polar surface area (TPSA) is 62.4 Å². The van der Waals surface area contributed by atoms with Crippen molar-refractivity contribution in [1.82, 2.24) is 9.88 Å². The average molecular weight is 235 g/mol. The summed E-state index contributed by atoms with van der Waals surface area (Å²) in [6.07, 6.45) is 4.48. The maximum absolute atomic E-state index is 9.62. The van der Waals surface area contributed by atoms with Gasteiger partial charge >= 0.3 is 0 Å². The number of aliphatic hydroxyl groups is 1. The third kappa shape index (κ3) is 2.83. The van der Waals surface area contributed by atoms with Gasteiger partial charge in [-0.15, -0.1) is 0 Å². The van der Waals surface area contributed by atoms with Crippen molar-refractivity contribution in [3.8, 4) is 0 Å². The molecule has 0 amide bonds. The highest BCUT2D eigenvalue weighted by Gasteiger charge is 2.30. The molecule has 4 heteroatoms. The number of nitrogens with zero attached hydrogens (tertiary/aromatic N) is 2. The molecule has 1 aliphatic rings. The number of aromatic nitrogens is 1. The average Bonchev–Trinajstić information content (AvgIpc) is 2.81. The lowest BCUT2D eigenvalue weighted by Gasteiger charge is -2.27. The molecular weight excluding hydrogens is 214 g/mol. The van der Waals surface area contributed by atoms with Gasteiger partial charge in [-0.3, -0.25) is 9.88 Å². The van der Waals surface area contributed by atoms with Gasteiger partial charge in [0.2, 0.25) is 0 Å². The monoisotopic (exact) mass is 235 g/mol. The second-order valence-corrected chi connectivity index (χ2v) is 4.82. The molecule has 3 unspecified atom stereocenters. The zero-order chi connectivity index (χ0) is 12.3. The maximum atomic E-state index is 9.62. The van der Waals surface area contributed by atoms with Gasteiger partial charge < -0.3 is 10.8 Å². The Labute approximate surface area is 102 Å². The van der Waals surface area contributed by atoms with Gasteiger partial charge in [-0.1, -0.05) is 6.07 Å². The minimum absolute atomic E-state index is 0.229. The molecule has 3 N–H and O–H groups in total. The summed E-state index contributed by atoms with van der Waals surface area (Å²) in [7, 11) is 0. The minimum Gasteiger partial charge on any atom is -0.393 e. The van der Waals surface area contributed by atoms with Crippen molar-refractivity contribution in [2.45, 2.75) is 25.5 Å². The van der Waals surface area contributed by atoms with E-state index in [1.807, 2.05) is 19.2 Å². The first-order chi connectivity index (χ1) is 8.22. The third-order valence-corrected chi connectivity index (χ3v) is 3.67. The molecule has 1 aromatic rings. The van der Waals surface area contributed by atoms with Crippen LogP contribution in [0.2, 0.25) is 0 Å². The van der Waals surface area contributed by atoms with Crippen molar-refractivity contribution in [3.05, 3.63) is 30.1 Å². The Balaban J connectivity index is 2.06. The quantitative estimate of drug-likeness (QED) is 0.809. The van der Waals surface area contributed by atoms with Gasteiger partial charge in [0.1, 0.15) is 0 Å². The molecule has 3 atom stereocenters. The normalized spacial score (nSPS) is 24.8. The van der Waals surface area contributed by atoms with Gasteiger partial charge in [0, 0.05) is 31.5 Å². The van der Waals surface area contributed by atoms with E-state index < -0.39 is 0 Å². The van der Waals surface area contributed by atoms with Crippen LogP contribution < -0.4 is 5.73 Å². The highest BCUT2D eigenvalue weighted by molar-refractivity contribution is 5.15. The molecule has 0 aliphatic carbocycles. The van der Waals surface area contributed by atoms with E-state index >= 15 is 0 Å². The Morgan fingerprint density at radius 1 is 1.65 bits per heavy atom. The Morgan fingerprint density at radius 2 is 2.47 bits per heavy atom. The third-order valence-electron chi connectivity index (χ3n) is 3.67. The smallest absolute Gasteiger partial charge is 0.0552 e. The molecule has 0 bridgehead atoms. The van der Waals surface area contributed by atoms with Crippen LogP contribution in [-0.2, 0) is 0 Å². The summed E-state index contributed by atoms with van der Waals surface area (Å²) >= 11 is 0. The molecule has 4 nitrogen and oxygen atoms in total. The van der Waals surface area contributed by atoms with E-state index in [4.69, 9.17) is 5.73 Å². The fourth-order valence-electron chi connectivity index (χ4n) is 2.56. The van der Waals surface area contributed by atoms with E-state index in [9.17, 15) is 5.11 Å². The van der Waals surface area contributed by atoms with E-state index in [1.165, 1.54) is 5.56 Å². The van der Waals surface area contributed by atoms with E-state index in [-0.39, 0.29) is 12.1 Å². The summed E-state index contributed by atoms with van der Waals surface area (Å²) in [5.74, 6) is 0.376. The lowest BCUT2D eigenvalue weighted by Crippen LogP contribution is -2.33. The summed E-state index contributed by atoms with van der Waals surface area (Å²) < 4.78 is 0. The number of likely N-dealkylation sites (tertiary alicyclic amines) is 1. The van der Waals surface area contributed by atoms with Crippen LogP contribution in [0.4, 0.5) is 0 Å². The van der Waals surface area contributed by atoms with Gasteiger partial charge in [-0.25, -0.2) is 0 Å². The van der Waals surface area contributed by atoms with Crippen LogP contribution in [0.15, 0.2) is 24.5 Å². The SMILES string of the molecule is CC(O)C1CCN(C(CN)c2cccnc2)C1. The molecule has 0 spiro atoms. The van der Waals surface area contributed by atoms with E-state index in [2.05, 4.69) is 16.0 Å². The summed E-state index contributed by atoms with van der Waals surface area (Å²) in [5, 5.41) is 9.62. The first-order valence-corrected chi connectivity index (χ1v) is 6.24. The van der Waals surface area contributed by atoms with Gasteiger partial charge in [-0.05, 0) is 37.4 Å². The van der Waals surface area contributed by atoms with Crippen LogP contribution in [-0.4, -0.2) is 40.7 Å². The standard InChI is InChI=1S/C13H21N3O/c1-10(17)12-4-6-16(9-12)13(7-14)11-3-2-5-15-8-11/h2-3,5,8,10,12-13,17H,4,6-7,9,14H2,1H3. The minimum atomic E-state index is -0.229. The predicted molar refractivity (Wildman–Crippen MR) is 67.4 cm³/mol. The Kier molecular flexibility index (Phi) is 4.10. The molecule has 94 valence electrons. The lowest BCUT2D eigenvalue weighted by atomic mass is 10.0. The molecule has 0 aromatic carbocycles.